The molecule has 1 saturated heterocycles. The standard InChI is InChI=1S/C13H24N4O3/c1-15-8-6-11(18)16-7-2-5-12(19)17-9-3-4-10(17)13(14)20/h10,15H,2-9H2,1H3,(H2,14,20)(H,16,18). The lowest BCUT2D eigenvalue weighted by atomic mass is 10.2. The van der Waals surface area contributed by atoms with Gasteiger partial charge in [0.25, 0.3) is 0 Å². The Morgan fingerprint density at radius 2 is 2.00 bits per heavy atom. The van der Waals surface area contributed by atoms with Crippen LogP contribution in [0.5, 0.6) is 0 Å². The minimum absolute atomic E-state index is 0.0250. The fourth-order valence-electron chi connectivity index (χ4n) is 2.30. The average Bonchev–Trinajstić information content (AvgIpc) is 2.90. The van der Waals surface area contributed by atoms with Crippen molar-refractivity contribution in [1.29, 1.82) is 0 Å². The van der Waals surface area contributed by atoms with E-state index in [0.717, 1.165) is 6.42 Å². The molecule has 1 aliphatic rings. The van der Waals surface area contributed by atoms with E-state index in [1.54, 1.807) is 11.9 Å². The molecule has 7 nitrogen and oxygen atoms in total. The predicted octanol–water partition coefficient (Wildman–Crippen LogP) is -1.03. The maximum absolute atomic E-state index is 12.0. The summed E-state index contributed by atoms with van der Waals surface area (Å²) in [5, 5.41) is 5.65. The number of carbonyl (C=O) groups is 3. The van der Waals surface area contributed by atoms with Crippen molar-refractivity contribution in [1.82, 2.24) is 15.5 Å². The first-order valence-electron chi connectivity index (χ1n) is 7.06. The van der Waals surface area contributed by atoms with E-state index in [-0.39, 0.29) is 11.8 Å². The van der Waals surface area contributed by atoms with Gasteiger partial charge in [-0.25, -0.2) is 0 Å². The Hall–Kier alpha value is -1.63. The molecule has 0 bridgehead atoms. The Morgan fingerprint density at radius 3 is 2.65 bits per heavy atom. The second-order valence-corrected chi connectivity index (χ2v) is 4.95. The Kier molecular flexibility index (Phi) is 7.00. The van der Waals surface area contributed by atoms with Crippen LogP contribution < -0.4 is 16.4 Å². The van der Waals surface area contributed by atoms with Gasteiger partial charge in [-0.1, -0.05) is 0 Å². The monoisotopic (exact) mass is 284 g/mol. The highest BCUT2D eigenvalue weighted by Crippen LogP contribution is 2.18. The van der Waals surface area contributed by atoms with Crippen LogP contribution in [0.1, 0.15) is 32.1 Å². The Labute approximate surface area is 119 Å². The van der Waals surface area contributed by atoms with Crippen molar-refractivity contribution in [2.45, 2.75) is 38.1 Å². The van der Waals surface area contributed by atoms with Gasteiger partial charge in [0.15, 0.2) is 0 Å². The van der Waals surface area contributed by atoms with Crippen LogP contribution in [0.15, 0.2) is 0 Å². The van der Waals surface area contributed by atoms with Crippen LogP contribution in [0.25, 0.3) is 0 Å². The van der Waals surface area contributed by atoms with E-state index in [9.17, 15) is 14.4 Å². The van der Waals surface area contributed by atoms with E-state index in [0.29, 0.717) is 45.3 Å². The molecule has 20 heavy (non-hydrogen) atoms. The number of nitrogens with zero attached hydrogens (tertiary/aromatic N) is 1. The zero-order valence-corrected chi connectivity index (χ0v) is 12.0. The van der Waals surface area contributed by atoms with Crippen molar-refractivity contribution < 1.29 is 14.4 Å². The van der Waals surface area contributed by atoms with Gasteiger partial charge in [0.05, 0.1) is 0 Å². The van der Waals surface area contributed by atoms with Gasteiger partial charge in [0, 0.05) is 32.5 Å². The van der Waals surface area contributed by atoms with Gasteiger partial charge >= 0.3 is 0 Å². The maximum atomic E-state index is 12.0. The second-order valence-electron chi connectivity index (χ2n) is 4.95. The number of primary amides is 1. The molecule has 114 valence electrons. The topological polar surface area (TPSA) is 105 Å². The quantitative estimate of drug-likeness (QED) is 0.496. The van der Waals surface area contributed by atoms with E-state index in [2.05, 4.69) is 10.6 Å². The lowest BCUT2D eigenvalue weighted by molar-refractivity contribution is -0.137. The molecule has 0 aromatic heterocycles. The fraction of sp³-hybridized carbons (Fsp3) is 0.769. The van der Waals surface area contributed by atoms with E-state index < -0.39 is 11.9 Å². The Balaban J connectivity index is 2.20. The number of amides is 3. The Bertz CT molecular complexity index is 360. The molecule has 0 spiro atoms. The number of likely N-dealkylation sites (tertiary alicyclic amines) is 1. The molecule has 1 atom stereocenters. The molecular formula is C13H24N4O3. The minimum Gasteiger partial charge on any atom is -0.368 e. The first kappa shape index (κ1) is 16.4. The summed E-state index contributed by atoms with van der Waals surface area (Å²) >= 11 is 0. The smallest absolute Gasteiger partial charge is 0.240 e. The average molecular weight is 284 g/mol. The third-order valence-corrected chi connectivity index (χ3v) is 3.39. The molecule has 0 radical (unpaired) electrons. The Morgan fingerprint density at radius 1 is 1.25 bits per heavy atom. The first-order valence-corrected chi connectivity index (χ1v) is 7.06. The van der Waals surface area contributed by atoms with E-state index >= 15 is 0 Å². The molecule has 4 N–H and O–H groups in total. The molecule has 1 fully saturated rings. The van der Waals surface area contributed by atoms with Gasteiger partial charge in [0.1, 0.15) is 6.04 Å². The van der Waals surface area contributed by atoms with Gasteiger partial charge in [-0.2, -0.15) is 0 Å². The summed E-state index contributed by atoms with van der Waals surface area (Å²) in [7, 11) is 1.79. The highest BCUT2D eigenvalue weighted by atomic mass is 16.2. The summed E-state index contributed by atoms with van der Waals surface area (Å²) in [4.78, 5) is 36.1. The highest BCUT2D eigenvalue weighted by Gasteiger charge is 2.31. The van der Waals surface area contributed by atoms with Gasteiger partial charge in [0.2, 0.25) is 17.7 Å². The fourth-order valence-corrected chi connectivity index (χ4v) is 2.30. The second kappa shape index (κ2) is 8.52. The number of hydrogen-bond acceptors (Lipinski definition) is 4. The van der Waals surface area contributed by atoms with Crippen LogP contribution in [0, 0.1) is 0 Å². The maximum Gasteiger partial charge on any atom is 0.240 e. The zero-order valence-electron chi connectivity index (χ0n) is 12.0. The van der Waals surface area contributed by atoms with Crippen LogP contribution in [-0.2, 0) is 14.4 Å². The summed E-state index contributed by atoms with van der Waals surface area (Å²) in [6.07, 6.45) is 2.81. The zero-order chi connectivity index (χ0) is 15.0. The van der Waals surface area contributed by atoms with Gasteiger partial charge in [-0.3, -0.25) is 14.4 Å². The molecule has 3 amide bonds. The van der Waals surface area contributed by atoms with E-state index in [4.69, 9.17) is 5.73 Å². The summed E-state index contributed by atoms with van der Waals surface area (Å²) in [5.74, 6) is -0.519. The molecule has 1 aliphatic heterocycles. The summed E-state index contributed by atoms with van der Waals surface area (Å²) < 4.78 is 0. The van der Waals surface area contributed by atoms with Crippen molar-refractivity contribution in [3.63, 3.8) is 0 Å². The molecule has 0 aromatic rings. The summed E-state index contributed by atoms with van der Waals surface area (Å²) in [5.41, 5.74) is 5.27. The van der Waals surface area contributed by atoms with Crippen LogP contribution in [0.4, 0.5) is 0 Å². The van der Waals surface area contributed by atoms with Crippen LogP contribution >= 0.6 is 0 Å². The van der Waals surface area contributed by atoms with Crippen LogP contribution in [0.2, 0.25) is 0 Å². The third kappa shape index (κ3) is 5.16. The number of hydrogen-bond donors (Lipinski definition) is 3. The van der Waals surface area contributed by atoms with Crippen LogP contribution in [-0.4, -0.2) is 55.3 Å². The lowest BCUT2D eigenvalue weighted by Crippen LogP contribution is -2.43. The molecule has 0 aliphatic carbocycles. The van der Waals surface area contributed by atoms with Gasteiger partial charge in [-0.05, 0) is 26.3 Å². The molecule has 1 heterocycles. The summed E-state index contributed by atoms with van der Waals surface area (Å²) in [6.45, 7) is 1.71. The SMILES string of the molecule is CNCCC(=O)NCCCC(=O)N1CCCC1C(N)=O. The van der Waals surface area contributed by atoms with Crippen molar-refractivity contribution >= 4 is 17.7 Å². The van der Waals surface area contributed by atoms with Gasteiger partial charge in [-0.15, -0.1) is 0 Å². The normalized spacial score (nSPS) is 18.1. The third-order valence-electron chi connectivity index (χ3n) is 3.39. The molecule has 1 unspecified atom stereocenters. The number of carbonyl (C=O) groups excluding carboxylic acids is 3. The molecule has 0 aromatic carbocycles. The van der Waals surface area contributed by atoms with Crippen molar-refractivity contribution in [3.8, 4) is 0 Å². The molecule has 7 heteroatoms. The minimum atomic E-state index is -0.451. The van der Waals surface area contributed by atoms with Crippen molar-refractivity contribution in [2.24, 2.45) is 5.73 Å². The largest absolute Gasteiger partial charge is 0.368 e. The van der Waals surface area contributed by atoms with Crippen molar-refractivity contribution in [2.75, 3.05) is 26.7 Å². The van der Waals surface area contributed by atoms with E-state index in [1.807, 2.05) is 0 Å². The molecule has 0 saturated carbocycles. The molecular weight excluding hydrogens is 260 g/mol. The first-order chi connectivity index (χ1) is 9.56. The number of nitrogens with two attached hydrogens (primary N) is 1. The number of nitrogens with one attached hydrogen (secondary N) is 2. The van der Waals surface area contributed by atoms with Crippen LogP contribution in [0.3, 0.4) is 0 Å². The molecule has 1 rings (SSSR count). The van der Waals surface area contributed by atoms with Gasteiger partial charge < -0.3 is 21.3 Å². The highest BCUT2D eigenvalue weighted by molar-refractivity contribution is 5.87. The van der Waals surface area contributed by atoms with Crippen molar-refractivity contribution in [3.05, 3.63) is 0 Å². The lowest BCUT2D eigenvalue weighted by Gasteiger charge is -2.22. The predicted molar refractivity (Wildman–Crippen MR) is 74.7 cm³/mol. The van der Waals surface area contributed by atoms with E-state index in [1.165, 1.54) is 0 Å². The number of rotatable bonds is 8. The summed E-state index contributed by atoms with van der Waals surface area (Å²) in [6, 6.07) is -0.451.